The molecule has 0 heterocycles. The highest BCUT2D eigenvalue weighted by Gasteiger charge is 2.21. The van der Waals surface area contributed by atoms with Crippen LogP contribution in [0.5, 0.6) is 11.5 Å². The molecule has 0 saturated heterocycles. The summed E-state index contributed by atoms with van der Waals surface area (Å²) in [6.07, 6.45) is 0.891. The van der Waals surface area contributed by atoms with Gasteiger partial charge in [0, 0.05) is 17.5 Å². The zero-order chi connectivity index (χ0) is 23.0. The summed E-state index contributed by atoms with van der Waals surface area (Å²) in [6.45, 7) is 3.41. The van der Waals surface area contributed by atoms with E-state index in [0.29, 0.717) is 17.5 Å². The lowest BCUT2D eigenvalue weighted by atomic mass is 10.0. The van der Waals surface area contributed by atoms with Gasteiger partial charge in [-0.15, -0.1) is 0 Å². The van der Waals surface area contributed by atoms with E-state index in [1.54, 1.807) is 6.92 Å². The lowest BCUT2D eigenvalue weighted by molar-refractivity contribution is -0.213. The number of hydrogen-bond donors (Lipinski definition) is 3. The molecule has 0 aliphatic rings. The SMILES string of the molecule is CCCC(=O)OOc1ccc(C(=O)C(C)NC(=O)c2ccc(C(=N)N)cc2OC)cc1. The lowest BCUT2D eigenvalue weighted by Crippen LogP contribution is -2.38. The second-order valence-corrected chi connectivity index (χ2v) is 6.70. The smallest absolute Gasteiger partial charge is 0.355 e. The molecule has 0 bridgehead atoms. The monoisotopic (exact) mass is 427 g/mol. The Morgan fingerprint density at radius 1 is 1.10 bits per heavy atom. The average molecular weight is 427 g/mol. The van der Waals surface area contributed by atoms with Gasteiger partial charge in [-0.25, -0.2) is 4.79 Å². The Hall–Kier alpha value is -3.88. The Morgan fingerprint density at radius 3 is 2.32 bits per heavy atom. The van der Waals surface area contributed by atoms with Crippen molar-refractivity contribution >= 4 is 23.5 Å². The van der Waals surface area contributed by atoms with Crippen molar-refractivity contribution in [3.63, 3.8) is 0 Å². The molecular formula is C22H25N3O6. The van der Waals surface area contributed by atoms with Crippen molar-refractivity contribution in [3.8, 4) is 11.5 Å². The minimum Gasteiger partial charge on any atom is -0.496 e. The first-order valence-electron chi connectivity index (χ1n) is 9.61. The second-order valence-electron chi connectivity index (χ2n) is 6.70. The van der Waals surface area contributed by atoms with Gasteiger partial charge in [-0.3, -0.25) is 24.8 Å². The molecule has 0 aromatic heterocycles. The Labute approximate surface area is 179 Å². The number of ether oxygens (including phenoxy) is 1. The van der Waals surface area contributed by atoms with Crippen LogP contribution >= 0.6 is 0 Å². The number of hydrogen-bond acceptors (Lipinski definition) is 7. The number of methoxy groups -OCH3 is 1. The van der Waals surface area contributed by atoms with Crippen molar-refractivity contribution in [1.82, 2.24) is 5.32 Å². The molecule has 9 nitrogen and oxygen atoms in total. The van der Waals surface area contributed by atoms with Gasteiger partial charge in [-0.2, -0.15) is 0 Å². The molecule has 1 unspecified atom stereocenters. The van der Waals surface area contributed by atoms with Crippen molar-refractivity contribution in [1.29, 1.82) is 5.41 Å². The van der Waals surface area contributed by atoms with E-state index in [-0.39, 0.29) is 35.1 Å². The number of nitrogens with one attached hydrogen (secondary N) is 2. The summed E-state index contributed by atoms with van der Waals surface area (Å²) >= 11 is 0. The van der Waals surface area contributed by atoms with E-state index in [1.165, 1.54) is 49.6 Å². The maximum absolute atomic E-state index is 12.7. The van der Waals surface area contributed by atoms with Crippen LogP contribution < -0.4 is 20.7 Å². The lowest BCUT2D eigenvalue weighted by Gasteiger charge is -2.15. The van der Waals surface area contributed by atoms with Crippen molar-refractivity contribution in [2.24, 2.45) is 5.73 Å². The first-order valence-corrected chi connectivity index (χ1v) is 9.61. The van der Waals surface area contributed by atoms with Gasteiger partial charge >= 0.3 is 5.97 Å². The number of carbonyl (C=O) groups excluding carboxylic acids is 3. The molecule has 0 fully saturated rings. The van der Waals surface area contributed by atoms with Gasteiger partial charge in [0.25, 0.3) is 5.91 Å². The molecular weight excluding hydrogens is 402 g/mol. The van der Waals surface area contributed by atoms with Crippen LogP contribution in [0.4, 0.5) is 0 Å². The van der Waals surface area contributed by atoms with Crippen LogP contribution in [0.25, 0.3) is 0 Å². The van der Waals surface area contributed by atoms with Crippen LogP contribution in [-0.4, -0.2) is 36.6 Å². The fourth-order valence-corrected chi connectivity index (χ4v) is 2.65. The highest BCUT2D eigenvalue weighted by atomic mass is 17.2. The van der Waals surface area contributed by atoms with Gasteiger partial charge in [0.05, 0.1) is 18.7 Å². The Bertz CT molecular complexity index is 972. The molecule has 1 atom stereocenters. The minimum atomic E-state index is -0.821. The van der Waals surface area contributed by atoms with Crippen molar-refractivity contribution < 1.29 is 28.9 Å². The number of nitrogen functional groups attached to an aromatic ring is 1. The van der Waals surface area contributed by atoms with Gasteiger partial charge in [0.1, 0.15) is 11.6 Å². The van der Waals surface area contributed by atoms with Gasteiger partial charge in [0.15, 0.2) is 11.5 Å². The molecule has 0 saturated carbocycles. The van der Waals surface area contributed by atoms with E-state index in [9.17, 15) is 14.4 Å². The first kappa shape index (κ1) is 23.4. The van der Waals surface area contributed by atoms with Crippen LogP contribution in [0.15, 0.2) is 42.5 Å². The Balaban J connectivity index is 2.02. The summed E-state index contributed by atoms with van der Waals surface area (Å²) in [4.78, 5) is 46.2. The molecule has 1 amide bonds. The maximum atomic E-state index is 12.7. The third-order valence-corrected chi connectivity index (χ3v) is 4.32. The third kappa shape index (κ3) is 6.30. The number of amidine groups is 1. The van der Waals surface area contributed by atoms with Gasteiger partial charge in [-0.1, -0.05) is 13.0 Å². The van der Waals surface area contributed by atoms with Crippen LogP contribution in [-0.2, 0) is 9.68 Å². The minimum absolute atomic E-state index is 0.152. The number of carbonyl (C=O) groups is 3. The zero-order valence-electron chi connectivity index (χ0n) is 17.6. The fraction of sp³-hybridized carbons (Fsp3) is 0.273. The molecule has 164 valence electrons. The molecule has 0 aliphatic carbocycles. The quantitative estimate of drug-likeness (QED) is 0.174. The molecule has 0 spiro atoms. The maximum Gasteiger partial charge on any atom is 0.355 e. The summed E-state index contributed by atoms with van der Waals surface area (Å²) < 4.78 is 5.20. The van der Waals surface area contributed by atoms with Crippen LogP contribution in [0.2, 0.25) is 0 Å². The van der Waals surface area contributed by atoms with Crippen LogP contribution in [0.3, 0.4) is 0 Å². The van der Waals surface area contributed by atoms with E-state index in [2.05, 4.69) is 10.2 Å². The highest BCUT2D eigenvalue weighted by molar-refractivity contribution is 6.05. The van der Waals surface area contributed by atoms with E-state index in [0.717, 1.165) is 0 Å². The number of ketones is 1. The second kappa shape index (κ2) is 10.8. The Morgan fingerprint density at radius 2 is 1.74 bits per heavy atom. The average Bonchev–Trinajstić information content (AvgIpc) is 2.77. The molecule has 2 aromatic carbocycles. The standard InChI is InChI=1S/C22H25N3O6/c1-4-5-19(26)31-30-16-9-6-14(7-10-16)20(27)13(2)25-22(28)17-11-8-15(21(23)24)12-18(17)29-3/h6-13H,4-5H2,1-3H3,(H3,23,24)(H,25,28). The van der Waals surface area contributed by atoms with E-state index < -0.39 is 17.9 Å². The molecule has 9 heteroatoms. The summed E-state index contributed by atoms with van der Waals surface area (Å²) in [5.74, 6) is -0.943. The van der Waals surface area contributed by atoms with Gasteiger partial charge < -0.3 is 15.8 Å². The third-order valence-electron chi connectivity index (χ3n) is 4.32. The molecule has 2 rings (SSSR count). The van der Waals surface area contributed by atoms with Crippen molar-refractivity contribution in [2.75, 3.05) is 7.11 Å². The Kier molecular flexibility index (Phi) is 8.13. The fourth-order valence-electron chi connectivity index (χ4n) is 2.65. The number of benzene rings is 2. The molecule has 0 radical (unpaired) electrons. The van der Waals surface area contributed by atoms with Crippen molar-refractivity contribution in [2.45, 2.75) is 32.7 Å². The van der Waals surface area contributed by atoms with Crippen LogP contribution in [0, 0.1) is 5.41 Å². The predicted molar refractivity (Wildman–Crippen MR) is 113 cm³/mol. The summed E-state index contributed by atoms with van der Waals surface area (Å²) in [6, 6.07) is 9.67. The number of amides is 1. The number of nitrogens with two attached hydrogens (primary N) is 1. The largest absolute Gasteiger partial charge is 0.496 e. The van der Waals surface area contributed by atoms with E-state index in [1.807, 2.05) is 6.92 Å². The number of rotatable bonds is 10. The van der Waals surface area contributed by atoms with E-state index in [4.69, 9.17) is 20.8 Å². The summed E-state index contributed by atoms with van der Waals surface area (Å²) in [5.41, 5.74) is 6.43. The van der Waals surface area contributed by atoms with Crippen molar-refractivity contribution in [3.05, 3.63) is 59.2 Å². The van der Waals surface area contributed by atoms with Crippen LogP contribution in [0.1, 0.15) is 53.0 Å². The normalized spacial score (nSPS) is 11.2. The molecule has 2 aromatic rings. The molecule has 0 aliphatic heterocycles. The predicted octanol–water partition coefficient (Wildman–Crippen LogP) is 2.62. The van der Waals surface area contributed by atoms with Gasteiger partial charge in [0.2, 0.25) is 0 Å². The summed E-state index contributed by atoms with van der Waals surface area (Å²) in [5, 5.41) is 10.1. The molecule has 31 heavy (non-hydrogen) atoms. The first-order chi connectivity index (χ1) is 14.8. The van der Waals surface area contributed by atoms with E-state index >= 15 is 0 Å². The summed E-state index contributed by atoms with van der Waals surface area (Å²) in [7, 11) is 1.40. The molecule has 4 N–H and O–H groups in total. The highest BCUT2D eigenvalue weighted by Crippen LogP contribution is 2.21. The zero-order valence-corrected chi connectivity index (χ0v) is 17.6. The van der Waals surface area contributed by atoms with Gasteiger partial charge in [-0.05, 0) is 49.7 Å². The topological polar surface area (TPSA) is 141 Å². The number of Topliss-reactive ketones (excluding diaryl/α,β-unsaturated/α-hetero) is 1.